The molecule has 0 unspecified atom stereocenters. The van der Waals surface area contributed by atoms with Crippen LogP contribution >= 0.6 is 15.9 Å². The molecule has 1 aromatic heterocycles. The number of fused-ring (bicyclic) bond motifs is 1. The molecule has 0 bridgehead atoms. The number of aryl methyl sites for hydroxylation is 1. The van der Waals surface area contributed by atoms with Gasteiger partial charge in [0.15, 0.2) is 0 Å². The third-order valence-corrected chi connectivity index (χ3v) is 3.93. The standard InChI is InChI=1S/C13H13BrN2O.BrH/c1-17-10-6-4-9(5-7-10)12-13(14)16-8-2-3-11(16)15-12;/h4-7H,2-3,8H2,1H3;1H/p-1. The molecule has 0 N–H and O–H groups in total. The van der Waals surface area contributed by atoms with Gasteiger partial charge in [0.2, 0.25) is 0 Å². The minimum absolute atomic E-state index is 0. The van der Waals surface area contributed by atoms with Crippen LogP contribution in [0.1, 0.15) is 12.2 Å². The summed E-state index contributed by atoms with van der Waals surface area (Å²) in [5, 5.41) is 0. The predicted octanol–water partition coefficient (Wildman–Crippen LogP) is 0.271. The summed E-state index contributed by atoms with van der Waals surface area (Å²) in [5.74, 6) is 2.05. The van der Waals surface area contributed by atoms with Crippen molar-refractivity contribution >= 4 is 15.9 Å². The molecule has 1 aliphatic rings. The largest absolute Gasteiger partial charge is 1.00 e. The van der Waals surface area contributed by atoms with Crippen LogP contribution in [0.2, 0.25) is 0 Å². The molecule has 0 amide bonds. The van der Waals surface area contributed by atoms with E-state index in [-0.39, 0.29) is 17.0 Å². The second-order valence-corrected chi connectivity index (χ2v) is 4.90. The molecule has 0 radical (unpaired) electrons. The maximum Gasteiger partial charge on any atom is 0.118 e. The minimum atomic E-state index is 0. The Labute approximate surface area is 125 Å². The Morgan fingerprint density at radius 1 is 1.28 bits per heavy atom. The van der Waals surface area contributed by atoms with Crippen molar-refractivity contribution in [3.8, 4) is 17.0 Å². The highest BCUT2D eigenvalue weighted by Gasteiger charge is 2.20. The summed E-state index contributed by atoms with van der Waals surface area (Å²) in [5.41, 5.74) is 2.15. The summed E-state index contributed by atoms with van der Waals surface area (Å²) in [7, 11) is 1.68. The van der Waals surface area contributed by atoms with Crippen molar-refractivity contribution < 1.29 is 21.7 Å². The molecule has 18 heavy (non-hydrogen) atoms. The number of hydrogen-bond acceptors (Lipinski definition) is 2. The Bertz CT molecular complexity index is 549. The summed E-state index contributed by atoms with van der Waals surface area (Å²) in [4.78, 5) is 4.69. The van der Waals surface area contributed by atoms with E-state index in [0.29, 0.717) is 0 Å². The zero-order valence-corrected chi connectivity index (χ0v) is 13.2. The van der Waals surface area contributed by atoms with Crippen LogP contribution in [-0.2, 0) is 13.0 Å². The van der Waals surface area contributed by atoms with Crippen molar-refractivity contribution in [1.29, 1.82) is 0 Å². The Kier molecular flexibility index (Phi) is 4.12. The molecule has 3 rings (SSSR count). The van der Waals surface area contributed by atoms with Crippen LogP contribution in [0.4, 0.5) is 0 Å². The van der Waals surface area contributed by atoms with Crippen LogP contribution in [0.25, 0.3) is 11.3 Å². The minimum Gasteiger partial charge on any atom is -1.00 e. The number of aromatic nitrogens is 2. The molecule has 0 aliphatic carbocycles. The topological polar surface area (TPSA) is 27.1 Å². The van der Waals surface area contributed by atoms with E-state index in [0.717, 1.165) is 34.6 Å². The number of methoxy groups -OCH3 is 1. The lowest BCUT2D eigenvalue weighted by atomic mass is 10.1. The number of rotatable bonds is 2. The van der Waals surface area contributed by atoms with Gasteiger partial charge in [-0.15, -0.1) is 0 Å². The van der Waals surface area contributed by atoms with Gasteiger partial charge in [-0.1, -0.05) is 0 Å². The van der Waals surface area contributed by atoms with Crippen LogP contribution in [0.15, 0.2) is 28.9 Å². The Morgan fingerprint density at radius 3 is 2.61 bits per heavy atom. The van der Waals surface area contributed by atoms with Crippen LogP contribution in [-0.4, -0.2) is 16.7 Å². The molecular weight excluding hydrogens is 360 g/mol. The average molecular weight is 373 g/mol. The lowest BCUT2D eigenvalue weighted by molar-refractivity contribution is -0.00000372. The second kappa shape index (κ2) is 5.45. The van der Waals surface area contributed by atoms with E-state index < -0.39 is 0 Å². The third-order valence-electron chi connectivity index (χ3n) is 3.13. The van der Waals surface area contributed by atoms with E-state index in [2.05, 4.69) is 20.5 Å². The molecule has 0 saturated carbocycles. The Balaban J connectivity index is 0.00000120. The highest BCUT2D eigenvalue weighted by atomic mass is 79.9. The summed E-state index contributed by atoms with van der Waals surface area (Å²) in [6.45, 7) is 1.07. The van der Waals surface area contributed by atoms with E-state index in [1.165, 1.54) is 12.2 Å². The lowest BCUT2D eigenvalue weighted by Crippen LogP contribution is -3.00. The predicted molar refractivity (Wildman–Crippen MR) is 70.2 cm³/mol. The second-order valence-electron chi connectivity index (χ2n) is 4.15. The van der Waals surface area contributed by atoms with Crippen molar-refractivity contribution in [2.24, 2.45) is 0 Å². The zero-order valence-electron chi connectivity index (χ0n) is 9.99. The van der Waals surface area contributed by atoms with E-state index in [1.54, 1.807) is 7.11 Å². The highest BCUT2D eigenvalue weighted by molar-refractivity contribution is 9.10. The number of benzene rings is 1. The fourth-order valence-electron chi connectivity index (χ4n) is 2.22. The molecule has 1 aromatic carbocycles. The molecule has 96 valence electrons. The van der Waals surface area contributed by atoms with Gasteiger partial charge >= 0.3 is 0 Å². The van der Waals surface area contributed by atoms with Gasteiger partial charge in [0.05, 0.1) is 7.11 Å². The first-order chi connectivity index (χ1) is 8.29. The number of nitrogens with zero attached hydrogens (tertiary/aromatic N) is 2. The van der Waals surface area contributed by atoms with Gasteiger partial charge in [0, 0.05) is 18.5 Å². The highest BCUT2D eigenvalue weighted by Crippen LogP contribution is 2.32. The molecule has 3 nitrogen and oxygen atoms in total. The van der Waals surface area contributed by atoms with Crippen LogP contribution in [0.3, 0.4) is 0 Å². The summed E-state index contributed by atoms with van der Waals surface area (Å²) in [6, 6.07) is 8.02. The monoisotopic (exact) mass is 371 g/mol. The summed E-state index contributed by atoms with van der Waals surface area (Å²) < 4.78 is 8.50. The first-order valence-corrected chi connectivity index (χ1v) is 6.48. The van der Waals surface area contributed by atoms with Gasteiger partial charge in [-0.3, -0.25) is 0 Å². The molecule has 2 aromatic rings. The maximum atomic E-state index is 5.16. The van der Waals surface area contributed by atoms with Crippen LogP contribution < -0.4 is 21.7 Å². The van der Waals surface area contributed by atoms with Gasteiger partial charge < -0.3 is 26.3 Å². The molecular formula is C13H13Br2N2O-. The smallest absolute Gasteiger partial charge is 0.118 e. The molecule has 5 heteroatoms. The number of ether oxygens (including phenoxy) is 1. The van der Waals surface area contributed by atoms with Crippen LogP contribution in [0, 0.1) is 0 Å². The van der Waals surface area contributed by atoms with Gasteiger partial charge in [-0.2, -0.15) is 0 Å². The van der Waals surface area contributed by atoms with Crippen molar-refractivity contribution in [3.05, 3.63) is 34.7 Å². The van der Waals surface area contributed by atoms with Gasteiger partial charge in [-0.25, -0.2) is 4.98 Å². The van der Waals surface area contributed by atoms with Crippen LogP contribution in [0.5, 0.6) is 5.75 Å². The number of hydrogen-bond donors (Lipinski definition) is 0. The SMILES string of the molecule is COc1ccc(-c2nc3n(c2Br)CCC3)cc1.[Br-]. The number of imidazole rings is 1. The van der Waals surface area contributed by atoms with E-state index in [9.17, 15) is 0 Å². The number of halogens is 2. The maximum absolute atomic E-state index is 5.16. The lowest BCUT2D eigenvalue weighted by Gasteiger charge is -2.02. The molecule has 0 atom stereocenters. The van der Waals surface area contributed by atoms with Crippen molar-refractivity contribution in [3.63, 3.8) is 0 Å². The molecule has 2 heterocycles. The molecule has 1 aliphatic heterocycles. The van der Waals surface area contributed by atoms with E-state index in [4.69, 9.17) is 9.72 Å². The fraction of sp³-hybridized carbons (Fsp3) is 0.308. The molecule has 0 fully saturated rings. The molecule has 0 saturated heterocycles. The Hall–Kier alpha value is -0.810. The molecule has 0 spiro atoms. The average Bonchev–Trinajstić information content (AvgIpc) is 2.93. The Morgan fingerprint density at radius 2 is 2.00 bits per heavy atom. The van der Waals surface area contributed by atoms with Crippen molar-refractivity contribution in [2.45, 2.75) is 19.4 Å². The quantitative estimate of drug-likeness (QED) is 0.756. The van der Waals surface area contributed by atoms with Crippen molar-refractivity contribution in [2.75, 3.05) is 7.11 Å². The first kappa shape index (κ1) is 13.6. The van der Waals surface area contributed by atoms with Gasteiger partial charge in [0.1, 0.15) is 21.9 Å². The first-order valence-electron chi connectivity index (χ1n) is 5.69. The zero-order chi connectivity index (χ0) is 11.8. The van der Waals surface area contributed by atoms with Crippen molar-refractivity contribution in [1.82, 2.24) is 9.55 Å². The normalized spacial score (nSPS) is 13.0. The third kappa shape index (κ3) is 2.21. The van der Waals surface area contributed by atoms with E-state index in [1.807, 2.05) is 24.3 Å². The van der Waals surface area contributed by atoms with Gasteiger partial charge in [-0.05, 0) is 46.6 Å². The summed E-state index contributed by atoms with van der Waals surface area (Å²) >= 11 is 3.64. The summed E-state index contributed by atoms with van der Waals surface area (Å²) in [6.07, 6.45) is 2.28. The fourth-order valence-corrected chi connectivity index (χ4v) is 2.92. The van der Waals surface area contributed by atoms with Gasteiger partial charge in [0.25, 0.3) is 0 Å². The van der Waals surface area contributed by atoms with E-state index >= 15 is 0 Å².